The zero-order valence-electron chi connectivity index (χ0n) is 14.0. The number of carbonyl (C=O) groups is 3. The summed E-state index contributed by atoms with van der Waals surface area (Å²) in [6, 6.07) is 14.4. The van der Waals surface area contributed by atoms with Crippen LogP contribution < -0.4 is 5.43 Å². The van der Waals surface area contributed by atoms with Crippen molar-refractivity contribution in [3.05, 3.63) is 59.1 Å². The van der Waals surface area contributed by atoms with Crippen molar-refractivity contribution in [3.63, 3.8) is 0 Å². The number of aliphatic carboxylic acids is 2. The Morgan fingerprint density at radius 1 is 1.04 bits per heavy atom. The second-order valence-corrected chi connectivity index (χ2v) is 6.12. The first kappa shape index (κ1) is 20.4. The van der Waals surface area contributed by atoms with E-state index in [1.165, 1.54) is 0 Å². The SMILES string of the molecule is O=C(O)C(=O)NN(Cc1ccc(-c2cccc(Cl)c2)cc1)CC(O)C(=O)O. The number of benzene rings is 2. The number of nitrogens with zero attached hydrogens (tertiary/aromatic N) is 1. The molecule has 0 aliphatic carbocycles. The number of aliphatic hydroxyl groups is 1. The lowest BCUT2D eigenvalue weighted by atomic mass is 10.0. The van der Waals surface area contributed by atoms with Gasteiger partial charge in [-0.2, -0.15) is 0 Å². The van der Waals surface area contributed by atoms with Gasteiger partial charge in [0.15, 0.2) is 6.10 Å². The Bertz CT molecular complexity index is 840. The topological polar surface area (TPSA) is 127 Å². The molecular weight excluding hydrogens is 376 g/mol. The van der Waals surface area contributed by atoms with Gasteiger partial charge in [0, 0.05) is 11.6 Å². The Kier molecular flexibility index (Phi) is 6.89. The number of hydrogen-bond donors (Lipinski definition) is 4. The molecule has 0 heterocycles. The van der Waals surface area contributed by atoms with Crippen LogP contribution in [-0.4, -0.2) is 50.8 Å². The van der Waals surface area contributed by atoms with E-state index in [1.807, 2.05) is 24.3 Å². The van der Waals surface area contributed by atoms with E-state index in [9.17, 15) is 19.5 Å². The summed E-state index contributed by atoms with van der Waals surface area (Å²) in [5, 5.41) is 28.6. The van der Waals surface area contributed by atoms with E-state index >= 15 is 0 Å². The molecule has 0 aliphatic heterocycles. The van der Waals surface area contributed by atoms with Crippen molar-refractivity contribution in [1.29, 1.82) is 0 Å². The van der Waals surface area contributed by atoms with E-state index in [4.69, 9.17) is 21.8 Å². The highest BCUT2D eigenvalue weighted by atomic mass is 35.5. The Morgan fingerprint density at radius 2 is 1.70 bits per heavy atom. The summed E-state index contributed by atoms with van der Waals surface area (Å²) in [6.45, 7) is -0.483. The van der Waals surface area contributed by atoms with Crippen LogP contribution in [0.25, 0.3) is 11.1 Å². The first-order valence-corrected chi connectivity index (χ1v) is 8.18. The van der Waals surface area contributed by atoms with Gasteiger partial charge in [-0.1, -0.05) is 48.0 Å². The number of amides is 1. The molecule has 2 aromatic rings. The molecule has 9 heteroatoms. The molecule has 8 nitrogen and oxygen atoms in total. The Labute approximate surface area is 159 Å². The highest BCUT2D eigenvalue weighted by Gasteiger charge is 2.22. The zero-order valence-corrected chi connectivity index (χ0v) is 14.8. The van der Waals surface area contributed by atoms with Crippen molar-refractivity contribution in [1.82, 2.24) is 10.4 Å². The first-order chi connectivity index (χ1) is 12.8. The molecule has 1 amide bonds. The fraction of sp³-hybridized carbons (Fsp3) is 0.167. The lowest BCUT2D eigenvalue weighted by Gasteiger charge is -2.23. The highest BCUT2D eigenvalue weighted by Crippen LogP contribution is 2.23. The molecule has 4 N–H and O–H groups in total. The second kappa shape index (κ2) is 9.13. The Morgan fingerprint density at radius 3 is 2.26 bits per heavy atom. The maximum absolute atomic E-state index is 11.4. The quantitative estimate of drug-likeness (QED) is 0.414. The van der Waals surface area contributed by atoms with Crippen LogP contribution in [0.15, 0.2) is 48.5 Å². The number of carboxylic acid groups (broad SMARTS) is 2. The number of hydrogen-bond acceptors (Lipinski definition) is 5. The molecule has 0 saturated carbocycles. The number of hydrazine groups is 1. The van der Waals surface area contributed by atoms with Gasteiger partial charge in [-0.3, -0.25) is 10.2 Å². The van der Waals surface area contributed by atoms with E-state index in [1.54, 1.807) is 24.3 Å². The van der Waals surface area contributed by atoms with Gasteiger partial charge in [0.25, 0.3) is 0 Å². The van der Waals surface area contributed by atoms with Crippen molar-refractivity contribution in [2.45, 2.75) is 12.6 Å². The summed E-state index contributed by atoms with van der Waals surface area (Å²) >= 11 is 5.98. The average Bonchev–Trinajstić information content (AvgIpc) is 2.62. The first-order valence-electron chi connectivity index (χ1n) is 7.81. The number of nitrogens with one attached hydrogen (secondary N) is 1. The molecule has 1 unspecified atom stereocenters. The van der Waals surface area contributed by atoms with Gasteiger partial charge in [-0.05, 0) is 28.8 Å². The zero-order chi connectivity index (χ0) is 20.0. The molecule has 0 fully saturated rings. The Balaban J connectivity index is 2.14. The Hall–Kier alpha value is -2.94. The molecule has 2 rings (SSSR count). The van der Waals surface area contributed by atoms with Crippen molar-refractivity contribution in [2.75, 3.05) is 6.54 Å². The third-order valence-electron chi connectivity index (χ3n) is 3.62. The van der Waals surface area contributed by atoms with E-state index in [2.05, 4.69) is 5.43 Å². The van der Waals surface area contributed by atoms with Crippen molar-refractivity contribution < 1.29 is 29.7 Å². The minimum absolute atomic E-state index is 0.000808. The summed E-state index contributed by atoms with van der Waals surface area (Å²) in [4.78, 5) is 32.9. The summed E-state index contributed by atoms with van der Waals surface area (Å²) < 4.78 is 0. The van der Waals surface area contributed by atoms with Gasteiger partial charge in [0.1, 0.15) is 0 Å². The largest absolute Gasteiger partial charge is 0.479 e. The molecule has 0 bridgehead atoms. The average molecular weight is 393 g/mol. The van der Waals surface area contributed by atoms with Gasteiger partial charge >= 0.3 is 17.8 Å². The van der Waals surface area contributed by atoms with Gasteiger partial charge in [-0.15, -0.1) is 0 Å². The smallest absolute Gasteiger partial charge is 0.395 e. The summed E-state index contributed by atoms with van der Waals surface area (Å²) in [5.74, 6) is -4.54. The third kappa shape index (κ3) is 6.07. The summed E-state index contributed by atoms with van der Waals surface area (Å²) in [5.41, 5.74) is 4.53. The predicted molar refractivity (Wildman–Crippen MR) is 96.7 cm³/mol. The minimum atomic E-state index is -1.79. The molecule has 27 heavy (non-hydrogen) atoms. The molecule has 0 aliphatic rings. The van der Waals surface area contributed by atoms with Crippen LogP contribution in [0.1, 0.15) is 5.56 Å². The van der Waals surface area contributed by atoms with Gasteiger partial charge in [0.05, 0.1) is 6.54 Å². The van der Waals surface area contributed by atoms with Gasteiger partial charge < -0.3 is 15.3 Å². The van der Waals surface area contributed by atoms with Crippen LogP contribution in [0, 0.1) is 0 Å². The monoisotopic (exact) mass is 392 g/mol. The highest BCUT2D eigenvalue weighted by molar-refractivity contribution is 6.31. The molecule has 2 aromatic carbocycles. The van der Waals surface area contributed by atoms with E-state index in [0.717, 1.165) is 16.1 Å². The number of carbonyl (C=O) groups excluding carboxylic acids is 1. The van der Waals surface area contributed by atoms with Crippen LogP contribution in [0.5, 0.6) is 0 Å². The third-order valence-corrected chi connectivity index (χ3v) is 3.85. The fourth-order valence-corrected chi connectivity index (χ4v) is 2.51. The molecule has 142 valence electrons. The van der Waals surface area contributed by atoms with Crippen LogP contribution in [0.3, 0.4) is 0 Å². The lowest BCUT2D eigenvalue weighted by Crippen LogP contribution is -2.49. The van der Waals surface area contributed by atoms with E-state index in [0.29, 0.717) is 10.6 Å². The molecule has 0 radical (unpaired) electrons. The van der Waals surface area contributed by atoms with Crippen LogP contribution >= 0.6 is 11.6 Å². The van der Waals surface area contributed by atoms with E-state index < -0.39 is 30.5 Å². The normalized spacial score (nSPS) is 11.8. The molecule has 0 aromatic heterocycles. The number of aliphatic hydroxyl groups excluding tert-OH is 1. The molecule has 0 saturated heterocycles. The van der Waals surface area contributed by atoms with Crippen molar-refractivity contribution in [3.8, 4) is 11.1 Å². The molecule has 0 spiro atoms. The maximum atomic E-state index is 11.4. The van der Waals surface area contributed by atoms with Crippen LogP contribution in [0.4, 0.5) is 0 Å². The summed E-state index contributed by atoms with van der Waals surface area (Å²) in [7, 11) is 0. The predicted octanol–water partition coefficient (Wildman–Crippen LogP) is 1.37. The lowest BCUT2D eigenvalue weighted by molar-refractivity contribution is -0.154. The van der Waals surface area contributed by atoms with Crippen LogP contribution in [0.2, 0.25) is 5.02 Å². The fourth-order valence-electron chi connectivity index (χ4n) is 2.32. The maximum Gasteiger partial charge on any atom is 0.395 e. The number of carboxylic acids is 2. The number of rotatable bonds is 7. The van der Waals surface area contributed by atoms with Gasteiger partial charge in [-0.25, -0.2) is 14.6 Å². The summed E-state index contributed by atoms with van der Waals surface area (Å²) in [6.07, 6.45) is -1.79. The van der Waals surface area contributed by atoms with E-state index in [-0.39, 0.29) is 6.54 Å². The minimum Gasteiger partial charge on any atom is -0.479 e. The van der Waals surface area contributed by atoms with Gasteiger partial charge in [0.2, 0.25) is 0 Å². The van der Waals surface area contributed by atoms with Crippen molar-refractivity contribution >= 4 is 29.4 Å². The molecular formula is C18H17ClN2O6. The molecule has 1 atom stereocenters. The van der Waals surface area contributed by atoms with Crippen molar-refractivity contribution in [2.24, 2.45) is 0 Å². The number of halogens is 1. The second-order valence-electron chi connectivity index (χ2n) is 5.69. The standard InChI is InChI=1S/C18H17ClN2O6/c19-14-3-1-2-13(8-14)12-6-4-11(5-7-12)9-21(10-15(22)17(24)25)20-16(23)18(26)27/h1-8,15,22H,9-10H2,(H,20,23)(H,24,25)(H,26,27). The van der Waals surface area contributed by atoms with Crippen LogP contribution in [-0.2, 0) is 20.9 Å².